The van der Waals surface area contributed by atoms with Crippen LogP contribution in [0.3, 0.4) is 0 Å². The van der Waals surface area contributed by atoms with Gasteiger partial charge in [0, 0.05) is 13.0 Å². The molecule has 1 aliphatic rings. The van der Waals surface area contributed by atoms with E-state index in [1.54, 1.807) is 17.5 Å². The lowest BCUT2D eigenvalue weighted by molar-refractivity contribution is 0.343. The van der Waals surface area contributed by atoms with Crippen LogP contribution >= 0.6 is 23.6 Å². The van der Waals surface area contributed by atoms with Crippen LogP contribution < -0.4 is 0 Å². The fourth-order valence-electron chi connectivity index (χ4n) is 2.12. The molecule has 1 aliphatic heterocycles. The highest BCUT2D eigenvalue weighted by Crippen LogP contribution is 2.24. The largest absolute Gasteiger partial charge is 0.408 e. The fourth-order valence-corrected chi connectivity index (χ4v) is 3.08. The van der Waals surface area contributed by atoms with E-state index < -0.39 is 0 Å². The molecule has 0 aromatic carbocycles. The zero-order chi connectivity index (χ0) is 12.4. The number of likely N-dealkylation sites (tertiary alicyclic amines) is 1. The summed E-state index contributed by atoms with van der Waals surface area (Å²) in [5.41, 5.74) is 0. The van der Waals surface area contributed by atoms with E-state index in [0.29, 0.717) is 10.7 Å². The summed E-state index contributed by atoms with van der Waals surface area (Å²) in [5, 5.41) is 7.75. The second kappa shape index (κ2) is 5.29. The average molecular weight is 282 g/mol. The number of H-pyrrole nitrogens is 1. The Kier molecular flexibility index (Phi) is 3.53. The van der Waals surface area contributed by atoms with Crippen LogP contribution in [0.4, 0.5) is 0 Å². The van der Waals surface area contributed by atoms with Gasteiger partial charge in [0.05, 0.1) is 11.2 Å². The number of aromatic amines is 1. The number of nitrogens with one attached hydrogen (secondary N) is 1. The Labute approximate surface area is 114 Å². The van der Waals surface area contributed by atoms with Gasteiger partial charge >= 0.3 is 0 Å². The number of rotatable bonds is 4. The SMILES string of the molecule is S=c1[nH]nc(-c2cnc(CCN3CCCC3)s2)o1. The first-order chi connectivity index (χ1) is 8.81. The van der Waals surface area contributed by atoms with Gasteiger partial charge in [-0.25, -0.2) is 10.1 Å². The molecule has 1 saturated heterocycles. The third kappa shape index (κ3) is 2.68. The average Bonchev–Trinajstić information content (AvgIpc) is 3.07. The van der Waals surface area contributed by atoms with Crippen molar-refractivity contribution in [2.75, 3.05) is 19.6 Å². The molecule has 1 fully saturated rings. The molecule has 96 valence electrons. The molecular weight excluding hydrogens is 268 g/mol. The van der Waals surface area contributed by atoms with Gasteiger partial charge in [0.15, 0.2) is 0 Å². The minimum Gasteiger partial charge on any atom is -0.408 e. The minimum absolute atomic E-state index is 0.303. The summed E-state index contributed by atoms with van der Waals surface area (Å²) < 4.78 is 5.27. The zero-order valence-corrected chi connectivity index (χ0v) is 11.5. The predicted octanol–water partition coefficient (Wildman–Crippen LogP) is 2.49. The summed E-state index contributed by atoms with van der Waals surface area (Å²) in [5.74, 6) is 0.532. The molecule has 2 aromatic heterocycles. The Hall–Kier alpha value is -1.05. The molecule has 7 heteroatoms. The van der Waals surface area contributed by atoms with Crippen LogP contribution in [0.1, 0.15) is 17.8 Å². The van der Waals surface area contributed by atoms with Gasteiger partial charge < -0.3 is 9.32 Å². The lowest BCUT2D eigenvalue weighted by Crippen LogP contribution is -2.21. The van der Waals surface area contributed by atoms with E-state index in [9.17, 15) is 0 Å². The number of aromatic nitrogens is 3. The highest BCUT2D eigenvalue weighted by atomic mass is 32.1. The quantitative estimate of drug-likeness (QED) is 0.873. The van der Waals surface area contributed by atoms with Crippen LogP contribution in [0.2, 0.25) is 0 Å². The lowest BCUT2D eigenvalue weighted by atomic mass is 10.4. The number of thiazole rings is 1. The van der Waals surface area contributed by atoms with Crippen LogP contribution in [-0.2, 0) is 6.42 Å². The molecule has 1 N–H and O–H groups in total. The van der Waals surface area contributed by atoms with Gasteiger partial charge in [-0.1, -0.05) is 0 Å². The predicted molar refractivity (Wildman–Crippen MR) is 72.2 cm³/mol. The van der Waals surface area contributed by atoms with Crippen LogP contribution in [-0.4, -0.2) is 39.7 Å². The highest BCUT2D eigenvalue weighted by Gasteiger charge is 2.13. The molecule has 3 rings (SSSR count). The Morgan fingerprint density at radius 3 is 3.00 bits per heavy atom. The van der Waals surface area contributed by atoms with Gasteiger partial charge in [0.1, 0.15) is 4.88 Å². The monoisotopic (exact) mass is 282 g/mol. The third-order valence-electron chi connectivity index (χ3n) is 3.04. The molecule has 0 aliphatic carbocycles. The number of hydrogen-bond acceptors (Lipinski definition) is 6. The normalized spacial score (nSPS) is 16.4. The third-order valence-corrected chi connectivity index (χ3v) is 4.26. The lowest BCUT2D eigenvalue weighted by Gasteiger charge is -2.12. The number of hydrogen-bond donors (Lipinski definition) is 1. The van der Waals surface area contributed by atoms with Crippen molar-refractivity contribution >= 4 is 23.6 Å². The first-order valence-corrected chi connectivity index (χ1v) is 7.27. The van der Waals surface area contributed by atoms with E-state index in [1.165, 1.54) is 25.9 Å². The van der Waals surface area contributed by atoms with Gasteiger partial charge in [-0.2, -0.15) is 0 Å². The summed E-state index contributed by atoms with van der Waals surface area (Å²) in [4.78, 5) is 8.13. The van der Waals surface area contributed by atoms with Crippen LogP contribution in [0, 0.1) is 4.84 Å². The Bertz CT molecular complexity index is 567. The molecule has 0 amide bonds. The maximum Gasteiger partial charge on any atom is 0.284 e. The molecule has 0 radical (unpaired) electrons. The van der Waals surface area contributed by atoms with Gasteiger partial charge in [-0.3, -0.25) is 0 Å². The van der Waals surface area contributed by atoms with Crippen molar-refractivity contribution in [3.63, 3.8) is 0 Å². The molecular formula is C11H14N4OS2. The highest BCUT2D eigenvalue weighted by molar-refractivity contribution is 7.71. The van der Waals surface area contributed by atoms with Gasteiger partial charge in [-0.05, 0) is 38.1 Å². The summed E-state index contributed by atoms with van der Waals surface area (Å²) in [7, 11) is 0. The van der Waals surface area contributed by atoms with Crippen molar-refractivity contribution in [1.29, 1.82) is 0 Å². The first kappa shape index (κ1) is 12.0. The van der Waals surface area contributed by atoms with Crippen molar-refractivity contribution in [2.24, 2.45) is 0 Å². The Morgan fingerprint density at radius 2 is 2.28 bits per heavy atom. The van der Waals surface area contributed by atoms with E-state index in [2.05, 4.69) is 20.1 Å². The van der Waals surface area contributed by atoms with Crippen molar-refractivity contribution in [2.45, 2.75) is 19.3 Å². The smallest absolute Gasteiger partial charge is 0.284 e. The summed E-state index contributed by atoms with van der Waals surface area (Å²) >= 11 is 6.48. The van der Waals surface area contributed by atoms with Crippen LogP contribution in [0.15, 0.2) is 10.6 Å². The molecule has 0 spiro atoms. The van der Waals surface area contributed by atoms with Gasteiger partial charge in [-0.15, -0.1) is 16.4 Å². The fraction of sp³-hybridized carbons (Fsp3) is 0.545. The van der Waals surface area contributed by atoms with Crippen molar-refractivity contribution < 1.29 is 4.42 Å². The van der Waals surface area contributed by atoms with Crippen LogP contribution in [0.5, 0.6) is 0 Å². The topological polar surface area (TPSA) is 58.0 Å². The maximum absolute atomic E-state index is 5.27. The molecule has 0 bridgehead atoms. The first-order valence-electron chi connectivity index (χ1n) is 6.04. The second-order valence-corrected chi connectivity index (χ2v) is 5.82. The van der Waals surface area contributed by atoms with Crippen molar-refractivity contribution in [3.05, 3.63) is 16.0 Å². The molecule has 0 unspecified atom stereocenters. The zero-order valence-electron chi connectivity index (χ0n) is 9.89. The summed E-state index contributed by atoms with van der Waals surface area (Å²) in [6.07, 6.45) is 5.46. The standard InChI is InChI=1S/C11H14N4OS2/c17-11-14-13-10(16-11)8-7-12-9(18-8)3-6-15-4-1-2-5-15/h7H,1-6H2,(H,14,17). The van der Waals surface area contributed by atoms with Gasteiger partial charge in [0.25, 0.3) is 10.7 Å². The molecule has 5 nitrogen and oxygen atoms in total. The molecule has 2 aromatic rings. The van der Waals surface area contributed by atoms with E-state index in [4.69, 9.17) is 16.6 Å². The van der Waals surface area contributed by atoms with Gasteiger partial charge in [0.2, 0.25) is 0 Å². The molecule has 3 heterocycles. The molecule has 0 saturated carbocycles. The van der Waals surface area contributed by atoms with E-state index in [0.717, 1.165) is 22.9 Å². The molecule has 18 heavy (non-hydrogen) atoms. The second-order valence-electron chi connectivity index (χ2n) is 4.34. The molecule has 0 atom stereocenters. The van der Waals surface area contributed by atoms with Crippen LogP contribution in [0.25, 0.3) is 10.8 Å². The summed E-state index contributed by atoms with van der Waals surface area (Å²) in [6.45, 7) is 3.55. The van der Waals surface area contributed by atoms with Crippen molar-refractivity contribution in [3.8, 4) is 10.8 Å². The maximum atomic E-state index is 5.27. The Morgan fingerprint density at radius 1 is 1.44 bits per heavy atom. The number of nitrogens with zero attached hydrogens (tertiary/aromatic N) is 3. The van der Waals surface area contributed by atoms with Crippen molar-refractivity contribution in [1.82, 2.24) is 20.1 Å². The Balaban J connectivity index is 1.64. The minimum atomic E-state index is 0.303. The van der Waals surface area contributed by atoms with E-state index >= 15 is 0 Å². The van der Waals surface area contributed by atoms with E-state index in [-0.39, 0.29) is 0 Å². The summed E-state index contributed by atoms with van der Waals surface area (Å²) in [6, 6.07) is 0. The van der Waals surface area contributed by atoms with E-state index in [1.807, 2.05) is 0 Å².